The molecule has 1 aromatic carbocycles. The summed E-state index contributed by atoms with van der Waals surface area (Å²) in [5.74, 6) is 1.48. The number of amides is 1. The molecule has 4 aromatic rings. The summed E-state index contributed by atoms with van der Waals surface area (Å²) >= 11 is 2.90. The van der Waals surface area contributed by atoms with Gasteiger partial charge >= 0.3 is 0 Å². The van der Waals surface area contributed by atoms with E-state index in [0.717, 1.165) is 21.9 Å². The average Bonchev–Trinajstić information content (AvgIpc) is 3.57. The molecule has 7 nitrogen and oxygen atoms in total. The topological polar surface area (TPSA) is 87.4 Å². The molecular formula is C21H17N5O2S2. The maximum atomic E-state index is 13.0. The minimum Gasteiger partial charge on any atom is -0.467 e. The van der Waals surface area contributed by atoms with Gasteiger partial charge in [-0.05, 0) is 23.6 Å². The van der Waals surface area contributed by atoms with Crippen LogP contribution in [-0.2, 0) is 4.79 Å². The summed E-state index contributed by atoms with van der Waals surface area (Å²) in [6.45, 7) is 0. The molecule has 1 aliphatic heterocycles. The number of aromatic amines is 1. The zero-order valence-electron chi connectivity index (χ0n) is 15.8. The number of hydrogen-bond acceptors (Lipinski definition) is 7. The van der Waals surface area contributed by atoms with E-state index in [1.807, 2.05) is 60.0 Å². The molecule has 1 amide bonds. The van der Waals surface area contributed by atoms with E-state index in [1.165, 1.54) is 16.8 Å². The molecular weight excluding hydrogens is 418 g/mol. The number of rotatable bonds is 6. The number of nitrogens with one attached hydrogen (secondary N) is 1. The van der Waals surface area contributed by atoms with Crippen molar-refractivity contribution in [1.29, 1.82) is 0 Å². The average molecular weight is 436 g/mol. The lowest BCUT2D eigenvalue weighted by Gasteiger charge is -2.19. The van der Waals surface area contributed by atoms with Gasteiger partial charge in [0, 0.05) is 12.0 Å². The van der Waals surface area contributed by atoms with Crippen LogP contribution in [-0.4, -0.2) is 37.6 Å². The van der Waals surface area contributed by atoms with Crippen molar-refractivity contribution in [3.05, 3.63) is 76.9 Å². The van der Waals surface area contributed by atoms with Crippen LogP contribution in [0.3, 0.4) is 0 Å². The molecule has 3 aromatic heterocycles. The second kappa shape index (κ2) is 8.29. The van der Waals surface area contributed by atoms with E-state index in [-0.39, 0.29) is 17.7 Å². The van der Waals surface area contributed by atoms with Crippen LogP contribution in [0.25, 0.3) is 11.4 Å². The largest absolute Gasteiger partial charge is 0.467 e. The normalized spacial score (nSPS) is 16.1. The fraction of sp³-hybridized carbons (Fsp3) is 0.143. The van der Waals surface area contributed by atoms with Crippen molar-refractivity contribution in [2.75, 3.05) is 5.75 Å². The fourth-order valence-corrected chi connectivity index (χ4v) is 4.63. The Balaban J connectivity index is 1.31. The van der Waals surface area contributed by atoms with Gasteiger partial charge in [-0.15, -0.1) is 16.4 Å². The Morgan fingerprint density at radius 3 is 2.87 bits per heavy atom. The van der Waals surface area contributed by atoms with Crippen LogP contribution < -0.4 is 0 Å². The number of thioether (sulfide) groups is 1. The Morgan fingerprint density at radius 1 is 1.20 bits per heavy atom. The van der Waals surface area contributed by atoms with E-state index in [2.05, 4.69) is 20.3 Å². The highest BCUT2D eigenvalue weighted by Gasteiger charge is 2.35. The highest BCUT2D eigenvalue weighted by molar-refractivity contribution is 7.99. The molecule has 9 heteroatoms. The highest BCUT2D eigenvalue weighted by Crippen LogP contribution is 2.34. The van der Waals surface area contributed by atoms with Gasteiger partial charge in [0.15, 0.2) is 5.82 Å². The van der Waals surface area contributed by atoms with Crippen molar-refractivity contribution in [3.8, 4) is 11.4 Å². The van der Waals surface area contributed by atoms with E-state index >= 15 is 0 Å². The molecule has 1 N–H and O–H groups in total. The Kier molecular flexibility index (Phi) is 5.20. The van der Waals surface area contributed by atoms with Crippen LogP contribution in [0.2, 0.25) is 0 Å². The Morgan fingerprint density at radius 2 is 2.10 bits per heavy atom. The van der Waals surface area contributed by atoms with E-state index in [4.69, 9.17) is 4.42 Å². The van der Waals surface area contributed by atoms with Gasteiger partial charge in [0.05, 0.1) is 22.6 Å². The summed E-state index contributed by atoms with van der Waals surface area (Å²) in [6.07, 6.45) is 2.25. The van der Waals surface area contributed by atoms with Crippen molar-refractivity contribution < 1.29 is 9.21 Å². The van der Waals surface area contributed by atoms with Crippen molar-refractivity contribution in [3.63, 3.8) is 0 Å². The maximum Gasteiger partial charge on any atom is 0.253 e. The monoisotopic (exact) mass is 435 g/mol. The van der Waals surface area contributed by atoms with Crippen LogP contribution in [0.5, 0.6) is 0 Å². The number of aromatic nitrogens is 3. The first-order valence-electron chi connectivity index (χ1n) is 9.35. The summed E-state index contributed by atoms with van der Waals surface area (Å²) in [6, 6.07) is 17.2. The lowest BCUT2D eigenvalue weighted by molar-refractivity contribution is -0.130. The summed E-state index contributed by atoms with van der Waals surface area (Å²) in [5.41, 5.74) is 1.85. The maximum absolute atomic E-state index is 13.0. The zero-order chi connectivity index (χ0) is 20.3. The van der Waals surface area contributed by atoms with Crippen LogP contribution >= 0.6 is 23.1 Å². The standard InChI is InChI=1S/C21H17N5O2S2/c27-19(13-30-21-22-20(23-24-21)14-6-2-1-3-7-14)26-16(17-8-4-10-28-17)12-15(25-26)18-9-5-11-29-18/h1-11,16H,12-13H2,(H,22,23,24)/t16-/m1/s1. The molecule has 1 aliphatic rings. The van der Waals surface area contributed by atoms with E-state index in [1.54, 1.807) is 17.6 Å². The van der Waals surface area contributed by atoms with Gasteiger partial charge in [0.25, 0.3) is 5.91 Å². The predicted octanol–water partition coefficient (Wildman–Crippen LogP) is 4.60. The Bertz CT molecular complexity index is 1150. The van der Waals surface area contributed by atoms with Crippen molar-refractivity contribution in [2.24, 2.45) is 5.10 Å². The van der Waals surface area contributed by atoms with Gasteiger partial charge in [-0.3, -0.25) is 9.89 Å². The van der Waals surface area contributed by atoms with Crippen LogP contribution in [0.1, 0.15) is 23.1 Å². The van der Waals surface area contributed by atoms with Crippen molar-refractivity contribution in [2.45, 2.75) is 17.6 Å². The van der Waals surface area contributed by atoms with Crippen molar-refractivity contribution >= 4 is 34.7 Å². The van der Waals surface area contributed by atoms with Gasteiger partial charge in [-0.25, -0.2) is 9.99 Å². The first-order chi connectivity index (χ1) is 14.8. The highest BCUT2D eigenvalue weighted by atomic mass is 32.2. The molecule has 0 saturated carbocycles. The smallest absolute Gasteiger partial charge is 0.253 e. The molecule has 150 valence electrons. The van der Waals surface area contributed by atoms with Crippen LogP contribution in [0.4, 0.5) is 0 Å². The number of hydrogen-bond donors (Lipinski definition) is 1. The predicted molar refractivity (Wildman–Crippen MR) is 116 cm³/mol. The first-order valence-corrected chi connectivity index (χ1v) is 11.2. The van der Waals surface area contributed by atoms with Crippen molar-refractivity contribution in [1.82, 2.24) is 20.2 Å². The van der Waals surface area contributed by atoms with Gasteiger partial charge < -0.3 is 4.42 Å². The third-order valence-corrected chi connectivity index (χ3v) is 6.43. The van der Waals surface area contributed by atoms with Crippen LogP contribution in [0, 0.1) is 0 Å². The fourth-order valence-electron chi connectivity index (χ4n) is 3.26. The van der Waals surface area contributed by atoms with Gasteiger partial charge in [-0.2, -0.15) is 5.10 Å². The SMILES string of the molecule is O=C(CSc1n[nH]c(-c2ccccc2)n1)N1N=C(c2cccs2)C[C@@H]1c1ccco1. The van der Waals surface area contributed by atoms with E-state index in [9.17, 15) is 4.79 Å². The molecule has 1 atom stereocenters. The number of nitrogens with zero attached hydrogens (tertiary/aromatic N) is 4. The molecule has 0 unspecified atom stereocenters. The molecule has 0 saturated heterocycles. The second-order valence-electron chi connectivity index (χ2n) is 6.62. The quantitative estimate of drug-likeness (QED) is 0.447. The number of benzene rings is 1. The second-order valence-corrected chi connectivity index (χ2v) is 8.51. The molecule has 5 rings (SSSR count). The number of hydrazone groups is 1. The van der Waals surface area contributed by atoms with Gasteiger partial charge in [-0.1, -0.05) is 48.2 Å². The zero-order valence-corrected chi connectivity index (χ0v) is 17.4. The minimum atomic E-state index is -0.239. The van der Waals surface area contributed by atoms with E-state index in [0.29, 0.717) is 17.4 Å². The molecule has 0 aliphatic carbocycles. The number of thiophene rings is 1. The minimum absolute atomic E-state index is 0.112. The lowest BCUT2D eigenvalue weighted by atomic mass is 10.1. The first kappa shape index (κ1) is 18.8. The Hall–Kier alpha value is -3.17. The molecule has 0 spiro atoms. The number of carbonyl (C=O) groups is 1. The molecule has 0 fully saturated rings. The summed E-state index contributed by atoms with van der Waals surface area (Å²) in [5, 5.41) is 15.8. The number of furan rings is 1. The third-order valence-electron chi connectivity index (χ3n) is 4.68. The summed E-state index contributed by atoms with van der Waals surface area (Å²) in [4.78, 5) is 18.6. The molecule has 4 heterocycles. The Labute approximate surface area is 180 Å². The van der Waals surface area contributed by atoms with Gasteiger partial charge in [0.2, 0.25) is 5.16 Å². The van der Waals surface area contributed by atoms with Crippen LogP contribution in [0.15, 0.2) is 80.9 Å². The molecule has 0 bridgehead atoms. The molecule has 30 heavy (non-hydrogen) atoms. The number of carbonyl (C=O) groups excluding carboxylic acids is 1. The van der Waals surface area contributed by atoms with E-state index < -0.39 is 0 Å². The summed E-state index contributed by atoms with van der Waals surface area (Å²) in [7, 11) is 0. The lowest BCUT2D eigenvalue weighted by Crippen LogP contribution is -2.28. The van der Waals surface area contributed by atoms with Gasteiger partial charge in [0.1, 0.15) is 11.8 Å². The molecule has 0 radical (unpaired) electrons. The third kappa shape index (κ3) is 3.81. The summed E-state index contributed by atoms with van der Waals surface area (Å²) < 4.78 is 5.58. The number of H-pyrrole nitrogens is 1.